The topological polar surface area (TPSA) is 169 Å². The number of carbonyl (C=O) groups is 1. The molecule has 1 heterocycles. The third kappa shape index (κ3) is 6.09. The first-order valence-corrected chi connectivity index (χ1v) is 9.19. The van der Waals surface area contributed by atoms with Crippen molar-refractivity contribution >= 4 is 5.97 Å². The van der Waals surface area contributed by atoms with Crippen molar-refractivity contribution in [3.05, 3.63) is 29.3 Å². The standard InChI is InChI=1S/C19H29NO9/c1-19(2,3)20-7-12(22)9-4-5-11(21)10(6-9)8-28-18-15(25)13(23)14(24)16(29-18)17(26)27/h4-6,12-16,18,20-25H,7-8H2,1-3H3,(H,26,27)/t12?,13-,14-,15+,16-,18+/m0/s1. The van der Waals surface area contributed by atoms with Crippen molar-refractivity contribution in [1.29, 1.82) is 0 Å². The van der Waals surface area contributed by atoms with Gasteiger partial charge in [-0.05, 0) is 38.5 Å². The van der Waals surface area contributed by atoms with Gasteiger partial charge in [0.1, 0.15) is 24.1 Å². The molecule has 1 aromatic rings. The van der Waals surface area contributed by atoms with Crippen molar-refractivity contribution in [1.82, 2.24) is 5.32 Å². The molecule has 0 aromatic heterocycles. The van der Waals surface area contributed by atoms with E-state index in [4.69, 9.17) is 14.6 Å². The number of aliphatic hydroxyl groups excluding tert-OH is 4. The molecule has 2 rings (SSSR count). The number of aliphatic hydroxyl groups is 4. The number of phenolic OH excluding ortho intramolecular Hbond substituents is 1. The van der Waals surface area contributed by atoms with Gasteiger partial charge in [-0.25, -0.2) is 4.79 Å². The summed E-state index contributed by atoms with van der Waals surface area (Å²) in [5.41, 5.74) is 0.590. The molecule has 1 unspecified atom stereocenters. The number of phenols is 1. The molecule has 0 bridgehead atoms. The average molecular weight is 415 g/mol. The zero-order chi connectivity index (χ0) is 21.9. The summed E-state index contributed by atoms with van der Waals surface area (Å²) in [4.78, 5) is 11.1. The third-order valence-corrected chi connectivity index (χ3v) is 4.53. The first kappa shape index (κ1) is 23.5. The fourth-order valence-corrected chi connectivity index (χ4v) is 2.81. The van der Waals surface area contributed by atoms with E-state index >= 15 is 0 Å². The van der Waals surface area contributed by atoms with E-state index in [0.29, 0.717) is 5.56 Å². The highest BCUT2D eigenvalue weighted by atomic mass is 16.7. The summed E-state index contributed by atoms with van der Waals surface area (Å²) in [6.07, 6.45) is -9.44. The van der Waals surface area contributed by atoms with Gasteiger partial charge < -0.3 is 45.4 Å². The molecule has 6 atom stereocenters. The van der Waals surface area contributed by atoms with Crippen LogP contribution in [0.25, 0.3) is 0 Å². The molecular formula is C19H29NO9. The van der Waals surface area contributed by atoms with Crippen molar-refractivity contribution in [2.24, 2.45) is 0 Å². The lowest BCUT2D eigenvalue weighted by molar-refractivity contribution is -0.297. The summed E-state index contributed by atoms with van der Waals surface area (Å²) in [5.74, 6) is -1.65. The Kier molecular flexibility index (Phi) is 7.57. The maximum Gasteiger partial charge on any atom is 0.335 e. The van der Waals surface area contributed by atoms with E-state index in [0.717, 1.165) is 0 Å². The molecule has 1 saturated heterocycles. The van der Waals surface area contributed by atoms with Crippen LogP contribution in [0.4, 0.5) is 0 Å². The Hall–Kier alpha value is -1.79. The fourth-order valence-electron chi connectivity index (χ4n) is 2.81. The number of carboxylic acid groups (broad SMARTS) is 1. The Morgan fingerprint density at radius 2 is 1.86 bits per heavy atom. The first-order chi connectivity index (χ1) is 13.4. The van der Waals surface area contributed by atoms with Gasteiger partial charge >= 0.3 is 5.97 Å². The van der Waals surface area contributed by atoms with Gasteiger partial charge in [0, 0.05) is 17.6 Å². The van der Waals surface area contributed by atoms with Gasteiger partial charge in [-0.2, -0.15) is 0 Å². The summed E-state index contributed by atoms with van der Waals surface area (Å²) >= 11 is 0. The van der Waals surface area contributed by atoms with Crippen LogP contribution in [-0.4, -0.2) is 79.4 Å². The average Bonchev–Trinajstić information content (AvgIpc) is 2.64. The second-order valence-electron chi connectivity index (χ2n) is 8.08. The number of aromatic hydroxyl groups is 1. The number of rotatable bonds is 7. The van der Waals surface area contributed by atoms with Crippen LogP contribution >= 0.6 is 0 Å². The molecule has 1 fully saturated rings. The fraction of sp³-hybridized carbons (Fsp3) is 0.632. The largest absolute Gasteiger partial charge is 0.508 e. The Bertz CT molecular complexity index is 705. The molecule has 0 spiro atoms. The molecule has 0 amide bonds. The van der Waals surface area contributed by atoms with Crippen LogP contribution in [0.5, 0.6) is 5.75 Å². The lowest BCUT2D eigenvalue weighted by Gasteiger charge is -2.38. The van der Waals surface area contributed by atoms with E-state index in [1.165, 1.54) is 12.1 Å². The number of β-amino-alcohol motifs (C(OH)–C–C–N with tert-alkyl or cyclic N) is 1. The molecule has 0 saturated carbocycles. The lowest BCUT2D eigenvalue weighted by Crippen LogP contribution is -2.60. The van der Waals surface area contributed by atoms with E-state index in [1.54, 1.807) is 6.07 Å². The molecular weight excluding hydrogens is 386 g/mol. The van der Waals surface area contributed by atoms with Gasteiger partial charge in [0.05, 0.1) is 12.7 Å². The summed E-state index contributed by atoms with van der Waals surface area (Å²) < 4.78 is 10.4. The Labute approximate surface area is 168 Å². The molecule has 7 N–H and O–H groups in total. The molecule has 29 heavy (non-hydrogen) atoms. The number of benzene rings is 1. The molecule has 0 radical (unpaired) electrons. The highest BCUT2D eigenvalue weighted by Gasteiger charge is 2.47. The van der Waals surface area contributed by atoms with Crippen LogP contribution in [0.3, 0.4) is 0 Å². The zero-order valence-corrected chi connectivity index (χ0v) is 16.5. The maximum atomic E-state index is 11.1. The van der Waals surface area contributed by atoms with E-state index in [9.17, 15) is 30.3 Å². The molecule has 10 nitrogen and oxygen atoms in total. The molecule has 1 aliphatic heterocycles. The van der Waals surface area contributed by atoms with E-state index in [2.05, 4.69) is 5.32 Å². The van der Waals surface area contributed by atoms with Crippen molar-refractivity contribution in [3.63, 3.8) is 0 Å². The summed E-state index contributed by atoms with van der Waals surface area (Å²) in [5, 5.41) is 62.1. The normalized spacial score (nSPS) is 28.9. The predicted molar refractivity (Wildman–Crippen MR) is 99.9 cm³/mol. The van der Waals surface area contributed by atoms with Gasteiger partial charge in [-0.3, -0.25) is 0 Å². The van der Waals surface area contributed by atoms with Crippen molar-refractivity contribution in [2.75, 3.05) is 6.54 Å². The van der Waals surface area contributed by atoms with Crippen molar-refractivity contribution in [2.45, 2.75) is 69.7 Å². The Morgan fingerprint density at radius 3 is 2.45 bits per heavy atom. The second kappa shape index (κ2) is 9.35. The number of aliphatic carboxylic acids is 1. The third-order valence-electron chi connectivity index (χ3n) is 4.53. The first-order valence-electron chi connectivity index (χ1n) is 9.19. The SMILES string of the molecule is CC(C)(C)NCC(O)c1ccc(O)c(CO[C@@H]2O[C@H](C(=O)O)[C@@H](O)[C@H](O)[C@H]2O)c1. The molecule has 10 heteroatoms. The van der Waals surface area contributed by atoms with Gasteiger partial charge in [-0.1, -0.05) is 6.07 Å². The van der Waals surface area contributed by atoms with Crippen LogP contribution in [0.1, 0.15) is 38.0 Å². The lowest BCUT2D eigenvalue weighted by atomic mass is 9.99. The highest BCUT2D eigenvalue weighted by Crippen LogP contribution is 2.27. The van der Waals surface area contributed by atoms with Gasteiger partial charge in [0.2, 0.25) is 0 Å². The zero-order valence-electron chi connectivity index (χ0n) is 16.5. The van der Waals surface area contributed by atoms with Crippen LogP contribution in [0, 0.1) is 0 Å². The summed E-state index contributed by atoms with van der Waals surface area (Å²) in [6, 6.07) is 4.45. The summed E-state index contributed by atoms with van der Waals surface area (Å²) in [7, 11) is 0. The van der Waals surface area contributed by atoms with Gasteiger partial charge in [0.15, 0.2) is 12.4 Å². The Balaban J connectivity index is 2.07. The van der Waals surface area contributed by atoms with E-state index in [1.807, 2.05) is 20.8 Å². The van der Waals surface area contributed by atoms with Crippen LogP contribution in [0.2, 0.25) is 0 Å². The van der Waals surface area contributed by atoms with Gasteiger partial charge in [-0.15, -0.1) is 0 Å². The number of carboxylic acids is 1. The summed E-state index contributed by atoms with van der Waals surface area (Å²) in [6.45, 7) is 5.86. The van der Waals surface area contributed by atoms with E-state index < -0.39 is 42.8 Å². The van der Waals surface area contributed by atoms with Gasteiger partial charge in [0.25, 0.3) is 0 Å². The van der Waals surface area contributed by atoms with Crippen molar-refractivity contribution < 1.29 is 44.9 Å². The number of hydrogen-bond donors (Lipinski definition) is 7. The highest BCUT2D eigenvalue weighted by molar-refractivity contribution is 5.73. The minimum absolute atomic E-state index is 0.134. The second-order valence-corrected chi connectivity index (χ2v) is 8.08. The Morgan fingerprint density at radius 1 is 1.21 bits per heavy atom. The maximum absolute atomic E-state index is 11.1. The smallest absolute Gasteiger partial charge is 0.335 e. The molecule has 164 valence electrons. The quantitative estimate of drug-likeness (QED) is 0.300. The molecule has 0 aliphatic carbocycles. The van der Waals surface area contributed by atoms with Crippen molar-refractivity contribution in [3.8, 4) is 5.75 Å². The van der Waals surface area contributed by atoms with Crippen LogP contribution in [-0.2, 0) is 20.9 Å². The minimum atomic E-state index is -1.82. The minimum Gasteiger partial charge on any atom is -0.508 e. The molecule has 1 aliphatic rings. The molecule has 1 aromatic carbocycles. The van der Waals surface area contributed by atoms with E-state index in [-0.39, 0.29) is 30.0 Å². The van der Waals surface area contributed by atoms with Crippen LogP contribution < -0.4 is 5.32 Å². The number of ether oxygens (including phenoxy) is 2. The monoisotopic (exact) mass is 415 g/mol. The number of hydrogen-bond acceptors (Lipinski definition) is 9. The van der Waals surface area contributed by atoms with Crippen LogP contribution in [0.15, 0.2) is 18.2 Å². The predicted octanol–water partition coefficient (Wildman–Crippen LogP) is -0.777. The number of nitrogens with one attached hydrogen (secondary N) is 1.